The molecule has 2 unspecified atom stereocenters. The van der Waals surface area contributed by atoms with Crippen molar-refractivity contribution in [1.82, 2.24) is 4.90 Å². The van der Waals surface area contributed by atoms with E-state index in [1.807, 2.05) is 6.92 Å². The average Bonchev–Trinajstić information content (AvgIpc) is 2.29. The number of hydrogen-bond donors (Lipinski definition) is 2. The van der Waals surface area contributed by atoms with Crippen molar-refractivity contribution in [2.24, 2.45) is 5.73 Å². The molecule has 1 rings (SSSR count). The van der Waals surface area contributed by atoms with Gasteiger partial charge in [0.05, 0.1) is 12.7 Å². The van der Waals surface area contributed by atoms with E-state index in [0.717, 1.165) is 19.5 Å². The summed E-state index contributed by atoms with van der Waals surface area (Å²) in [6, 6.07) is 0.313. The molecule has 2 atom stereocenters. The topological polar surface area (TPSA) is 58.7 Å². The average molecular weight is 216 g/mol. The zero-order chi connectivity index (χ0) is 11.1. The predicted molar refractivity (Wildman–Crippen MR) is 60.8 cm³/mol. The van der Waals surface area contributed by atoms with E-state index in [9.17, 15) is 5.11 Å². The van der Waals surface area contributed by atoms with E-state index in [0.29, 0.717) is 19.2 Å². The molecule has 1 aliphatic heterocycles. The highest BCUT2D eigenvalue weighted by molar-refractivity contribution is 4.78. The van der Waals surface area contributed by atoms with Gasteiger partial charge in [-0.25, -0.2) is 0 Å². The van der Waals surface area contributed by atoms with E-state index < -0.39 is 0 Å². The number of hydrogen-bond acceptors (Lipinski definition) is 4. The number of likely N-dealkylation sites (tertiary alicyclic amines) is 1. The van der Waals surface area contributed by atoms with Crippen LogP contribution >= 0.6 is 0 Å². The molecule has 4 heteroatoms. The molecule has 0 spiro atoms. The van der Waals surface area contributed by atoms with E-state index in [2.05, 4.69) is 4.90 Å². The molecule has 1 saturated heterocycles. The van der Waals surface area contributed by atoms with Crippen molar-refractivity contribution in [3.63, 3.8) is 0 Å². The summed E-state index contributed by atoms with van der Waals surface area (Å²) in [4.78, 5) is 2.32. The second kappa shape index (κ2) is 7.17. The summed E-state index contributed by atoms with van der Waals surface area (Å²) in [6.07, 6.45) is 3.66. The van der Waals surface area contributed by atoms with Gasteiger partial charge in [0.25, 0.3) is 0 Å². The SMILES string of the molecule is CCOC(CN)CN1CCCCC1CO. The highest BCUT2D eigenvalue weighted by Gasteiger charge is 2.23. The maximum absolute atomic E-state index is 9.26. The molecule has 4 nitrogen and oxygen atoms in total. The number of aliphatic hydroxyl groups is 1. The summed E-state index contributed by atoms with van der Waals surface area (Å²) in [5, 5.41) is 9.26. The van der Waals surface area contributed by atoms with Crippen LogP contribution in [0, 0.1) is 0 Å². The van der Waals surface area contributed by atoms with E-state index in [4.69, 9.17) is 10.5 Å². The van der Waals surface area contributed by atoms with Crippen LogP contribution in [0.15, 0.2) is 0 Å². The highest BCUT2D eigenvalue weighted by Crippen LogP contribution is 2.17. The van der Waals surface area contributed by atoms with Crippen molar-refractivity contribution >= 4 is 0 Å². The molecular weight excluding hydrogens is 192 g/mol. The van der Waals surface area contributed by atoms with Crippen molar-refractivity contribution in [2.75, 3.05) is 32.8 Å². The van der Waals surface area contributed by atoms with E-state index in [1.165, 1.54) is 12.8 Å². The lowest BCUT2D eigenvalue weighted by molar-refractivity contribution is 0.00677. The fourth-order valence-corrected chi connectivity index (χ4v) is 2.20. The molecule has 90 valence electrons. The van der Waals surface area contributed by atoms with Gasteiger partial charge in [0.15, 0.2) is 0 Å². The fourth-order valence-electron chi connectivity index (χ4n) is 2.20. The van der Waals surface area contributed by atoms with Gasteiger partial charge in [0.2, 0.25) is 0 Å². The lowest BCUT2D eigenvalue weighted by Gasteiger charge is -2.36. The van der Waals surface area contributed by atoms with Gasteiger partial charge in [-0.15, -0.1) is 0 Å². The zero-order valence-corrected chi connectivity index (χ0v) is 9.69. The smallest absolute Gasteiger partial charge is 0.0823 e. The molecule has 3 N–H and O–H groups in total. The van der Waals surface area contributed by atoms with Crippen LogP contribution in [0.25, 0.3) is 0 Å². The summed E-state index contributed by atoms with van der Waals surface area (Å²) in [7, 11) is 0. The van der Waals surface area contributed by atoms with Crippen LogP contribution in [0.4, 0.5) is 0 Å². The summed E-state index contributed by atoms with van der Waals surface area (Å²) in [6.45, 7) is 5.43. The Labute approximate surface area is 92.4 Å². The minimum Gasteiger partial charge on any atom is -0.395 e. The molecule has 0 amide bonds. The van der Waals surface area contributed by atoms with Crippen molar-refractivity contribution in [3.05, 3.63) is 0 Å². The Morgan fingerprint density at radius 3 is 2.93 bits per heavy atom. The lowest BCUT2D eigenvalue weighted by atomic mass is 10.0. The van der Waals surface area contributed by atoms with Gasteiger partial charge < -0.3 is 15.6 Å². The second-order valence-electron chi connectivity index (χ2n) is 4.14. The number of nitrogens with two attached hydrogens (primary N) is 1. The molecular formula is C11H24N2O2. The first-order valence-corrected chi connectivity index (χ1v) is 5.98. The van der Waals surface area contributed by atoms with Crippen molar-refractivity contribution < 1.29 is 9.84 Å². The predicted octanol–water partition coefficient (Wildman–Crippen LogP) is 0.197. The van der Waals surface area contributed by atoms with Crippen molar-refractivity contribution in [1.29, 1.82) is 0 Å². The summed E-state index contributed by atoms with van der Waals surface area (Å²) in [5.74, 6) is 0. The Hall–Kier alpha value is -0.160. The van der Waals surface area contributed by atoms with Crippen LogP contribution in [0.3, 0.4) is 0 Å². The molecule has 0 aromatic carbocycles. The van der Waals surface area contributed by atoms with Gasteiger partial charge >= 0.3 is 0 Å². The van der Waals surface area contributed by atoms with Crippen LogP contribution in [0.5, 0.6) is 0 Å². The van der Waals surface area contributed by atoms with Crippen LogP contribution in [-0.2, 0) is 4.74 Å². The van der Waals surface area contributed by atoms with Crippen LogP contribution < -0.4 is 5.73 Å². The molecule has 0 bridgehead atoms. The minimum atomic E-state index is 0.113. The number of rotatable bonds is 6. The third-order valence-corrected chi connectivity index (χ3v) is 3.06. The largest absolute Gasteiger partial charge is 0.395 e. The molecule has 0 aromatic rings. The van der Waals surface area contributed by atoms with Crippen LogP contribution in [0.1, 0.15) is 26.2 Å². The van der Waals surface area contributed by atoms with Gasteiger partial charge in [-0.3, -0.25) is 4.90 Å². The first kappa shape index (κ1) is 12.9. The Balaban J connectivity index is 2.38. The number of nitrogens with zero attached hydrogens (tertiary/aromatic N) is 1. The fraction of sp³-hybridized carbons (Fsp3) is 1.00. The van der Waals surface area contributed by atoms with E-state index >= 15 is 0 Å². The summed E-state index contributed by atoms with van der Waals surface area (Å²) >= 11 is 0. The Morgan fingerprint density at radius 2 is 2.33 bits per heavy atom. The maximum atomic E-state index is 9.26. The standard InChI is InChI=1S/C11H24N2O2/c1-2-15-11(7-12)8-13-6-4-3-5-10(13)9-14/h10-11,14H,2-9,12H2,1H3. The molecule has 1 fully saturated rings. The molecule has 0 aliphatic carbocycles. The molecule has 0 radical (unpaired) electrons. The number of ether oxygens (including phenoxy) is 1. The third kappa shape index (κ3) is 4.07. The molecule has 1 heterocycles. The van der Waals surface area contributed by atoms with Crippen molar-refractivity contribution in [3.8, 4) is 0 Å². The maximum Gasteiger partial charge on any atom is 0.0823 e. The van der Waals surface area contributed by atoms with E-state index in [-0.39, 0.29) is 12.7 Å². The Bertz CT molecular complexity index is 167. The van der Waals surface area contributed by atoms with Crippen LogP contribution in [-0.4, -0.2) is 55.0 Å². The first-order valence-electron chi connectivity index (χ1n) is 5.98. The van der Waals surface area contributed by atoms with Crippen molar-refractivity contribution in [2.45, 2.75) is 38.3 Å². The minimum absolute atomic E-state index is 0.113. The monoisotopic (exact) mass is 216 g/mol. The number of aliphatic hydroxyl groups excluding tert-OH is 1. The van der Waals surface area contributed by atoms with Gasteiger partial charge in [-0.05, 0) is 26.3 Å². The summed E-state index contributed by atoms with van der Waals surface area (Å²) < 4.78 is 5.54. The van der Waals surface area contributed by atoms with Gasteiger partial charge in [0, 0.05) is 25.7 Å². The first-order chi connectivity index (χ1) is 7.31. The lowest BCUT2D eigenvalue weighted by Crippen LogP contribution is -2.47. The van der Waals surface area contributed by atoms with Crippen LogP contribution in [0.2, 0.25) is 0 Å². The van der Waals surface area contributed by atoms with Gasteiger partial charge in [-0.2, -0.15) is 0 Å². The Morgan fingerprint density at radius 1 is 1.53 bits per heavy atom. The molecule has 0 saturated carbocycles. The van der Waals surface area contributed by atoms with Gasteiger partial charge in [-0.1, -0.05) is 6.42 Å². The highest BCUT2D eigenvalue weighted by atomic mass is 16.5. The van der Waals surface area contributed by atoms with E-state index in [1.54, 1.807) is 0 Å². The van der Waals surface area contributed by atoms with Gasteiger partial charge in [0.1, 0.15) is 0 Å². The quantitative estimate of drug-likeness (QED) is 0.666. The zero-order valence-electron chi connectivity index (χ0n) is 9.69. The summed E-state index contributed by atoms with van der Waals surface area (Å²) in [5.41, 5.74) is 5.65. The number of piperidine rings is 1. The molecule has 15 heavy (non-hydrogen) atoms. The molecule has 1 aliphatic rings. The Kier molecular flexibility index (Phi) is 6.17. The normalized spacial score (nSPS) is 25.4. The molecule has 0 aromatic heterocycles. The second-order valence-corrected chi connectivity index (χ2v) is 4.14. The third-order valence-electron chi connectivity index (χ3n) is 3.06.